The third-order valence-electron chi connectivity index (χ3n) is 7.41. The summed E-state index contributed by atoms with van der Waals surface area (Å²) in [5.41, 5.74) is 3.80. The molecule has 1 aromatic heterocycles. The molecule has 2 aromatic rings. The molecule has 2 atom stereocenters. The SMILES string of the molecule is Cc1ccc(CN2CCN(C(=O)C(C)O)CC2)cc1-c1ccc2c(n1)N(C)S(=O)(=O)N2CC1CC1(F)F. The summed E-state index contributed by atoms with van der Waals surface area (Å²) in [5, 5.41) is 9.54. The molecule has 2 aliphatic heterocycles. The van der Waals surface area contributed by atoms with Crippen LogP contribution in [0, 0.1) is 12.8 Å². The average Bonchev–Trinajstić information content (AvgIpc) is 3.42. The van der Waals surface area contributed by atoms with Gasteiger partial charge in [0.2, 0.25) is 0 Å². The Balaban J connectivity index is 1.35. The molecule has 3 aliphatic rings. The average molecular weight is 536 g/mol. The lowest BCUT2D eigenvalue weighted by Gasteiger charge is -2.35. The van der Waals surface area contributed by atoms with Crippen LogP contribution < -0.4 is 8.61 Å². The molecule has 5 rings (SSSR count). The molecule has 0 bridgehead atoms. The Kier molecular flexibility index (Phi) is 6.40. The van der Waals surface area contributed by atoms with Crippen molar-refractivity contribution in [2.45, 2.75) is 38.8 Å². The predicted octanol–water partition coefficient (Wildman–Crippen LogP) is 2.24. The number of nitrogens with zero attached hydrogens (tertiary/aromatic N) is 5. The number of amides is 1. The zero-order valence-electron chi connectivity index (χ0n) is 21.1. The first kappa shape index (κ1) is 25.8. The second-order valence-electron chi connectivity index (χ2n) is 10.1. The Morgan fingerprint density at radius 1 is 1.19 bits per heavy atom. The molecule has 1 aliphatic carbocycles. The highest BCUT2D eigenvalue weighted by Crippen LogP contribution is 2.51. The summed E-state index contributed by atoms with van der Waals surface area (Å²) >= 11 is 0. The van der Waals surface area contributed by atoms with Crippen molar-refractivity contribution < 1.29 is 27.1 Å². The molecule has 1 saturated carbocycles. The molecule has 200 valence electrons. The number of aryl methyl sites for hydroxylation is 1. The molecule has 9 nitrogen and oxygen atoms in total. The largest absolute Gasteiger partial charge is 0.384 e. The van der Waals surface area contributed by atoms with Gasteiger partial charge in [-0.25, -0.2) is 22.4 Å². The molecule has 0 spiro atoms. The quantitative estimate of drug-likeness (QED) is 0.610. The number of aromatic nitrogens is 1. The monoisotopic (exact) mass is 535 g/mol. The Morgan fingerprint density at radius 2 is 1.86 bits per heavy atom. The van der Waals surface area contributed by atoms with Gasteiger partial charge in [0.1, 0.15) is 6.10 Å². The summed E-state index contributed by atoms with van der Waals surface area (Å²) < 4.78 is 55.0. The van der Waals surface area contributed by atoms with Crippen LogP contribution in [-0.2, 0) is 21.5 Å². The Labute approximate surface area is 215 Å². The number of alkyl halides is 2. The van der Waals surface area contributed by atoms with Crippen LogP contribution in [-0.4, -0.2) is 86.0 Å². The van der Waals surface area contributed by atoms with Crippen LogP contribution >= 0.6 is 0 Å². The van der Waals surface area contributed by atoms with Gasteiger partial charge in [0.05, 0.1) is 11.4 Å². The molecule has 1 saturated heterocycles. The van der Waals surface area contributed by atoms with E-state index in [1.165, 1.54) is 14.0 Å². The molecule has 2 fully saturated rings. The lowest BCUT2D eigenvalue weighted by molar-refractivity contribution is -0.141. The number of aliphatic hydroxyl groups is 1. The molecule has 2 unspecified atom stereocenters. The van der Waals surface area contributed by atoms with Gasteiger partial charge in [-0.3, -0.25) is 9.69 Å². The van der Waals surface area contributed by atoms with E-state index in [2.05, 4.69) is 9.88 Å². The van der Waals surface area contributed by atoms with Gasteiger partial charge in [-0.1, -0.05) is 12.1 Å². The second-order valence-corrected chi connectivity index (χ2v) is 12.0. The number of carbonyl (C=O) groups is 1. The molecular formula is C25H31F2N5O4S. The molecule has 0 radical (unpaired) electrons. The van der Waals surface area contributed by atoms with Gasteiger partial charge in [0, 0.05) is 64.2 Å². The van der Waals surface area contributed by atoms with Crippen LogP contribution in [0.2, 0.25) is 0 Å². The summed E-state index contributed by atoms with van der Waals surface area (Å²) in [4.78, 5) is 20.6. The van der Waals surface area contributed by atoms with Crippen molar-refractivity contribution >= 4 is 27.6 Å². The fourth-order valence-corrected chi connectivity index (χ4v) is 6.36. The van der Waals surface area contributed by atoms with E-state index in [1.807, 2.05) is 25.1 Å². The molecule has 12 heteroatoms. The number of carbonyl (C=O) groups excluding carboxylic acids is 1. The van der Waals surface area contributed by atoms with Crippen molar-refractivity contribution in [1.29, 1.82) is 0 Å². The van der Waals surface area contributed by atoms with Crippen LogP contribution in [0.15, 0.2) is 30.3 Å². The number of fused-ring (bicyclic) bond motifs is 1. The summed E-state index contributed by atoms with van der Waals surface area (Å²) in [5.74, 6) is -3.82. The standard InChI is InChI=1S/C25H31F2N5O4S/c1-16-4-5-18(14-30-8-10-31(11-9-30)24(34)17(2)33)12-20(16)21-6-7-22-23(28-21)29(3)37(35,36)32(22)15-19-13-25(19,26)27/h4-7,12,17,19,33H,8-11,13-15H2,1-3H3. The summed E-state index contributed by atoms with van der Waals surface area (Å²) in [7, 11) is -2.57. The van der Waals surface area contributed by atoms with E-state index >= 15 is 0 Å². The van der Waals surface area contributed by atoms with E-state index < -0.39 is 28.2 Å². The van der Waals surface area contributed by atoms with Gasteiger partial charge in [-0.05, 0) is 43.2 Å². The summed E-state index contributed by atoms with van der Waals surface area (Å²) in [6, 6.07) is 9.44. The third-order valence-corrected chi connectivity index (χ3v) is 9.18. The van der Waals surface area contributed by atoms with E-state index in [-0.39, 0.29) is 24.7 Å². The zero-order valence-corrected chi connectivity index (χ0v) is 21.9. The lowest BCUT2D eigenvalue weighted by atomic mass is 10.0. The van der Waals surface area contributed by atoms with Gasteiger partial charge in [-0.15, -0.1) is 0 Å². The number of hydrogen-bond acceptors (Lipinski definition) is 6. The highest BCUT2D eigenvalue weighted by Gasteiger charge is 2.59. The third kappa shape index (κ3) is 4.77. The minimum Gasteiger partial charge on any atom is -0.384 e. The first-order chi connectivity index (χ1) is 17.4. The zero-order chi connectivity index (χ0) is 26.7. The van der Waals surface area contributed by atoms with Gasteiger partial charge in [0.25, 0.3) is 11.8 Å². The smallest absolute Gasteiger partial charge is 0.327 e. The Bertz CT molecular complexity index is 1330. The van der Waals surface area contributed by atoms with Crippen LogP contribution in [0.1, 0.15) is 24.5 Å². The molecule has 1 amide bonds. The van der Waals surface area contributed by atoms with E-state index in [0.717, 1.165) is 25.3 Å². The number of benzene rings is 1. The molecular weight excluding hydrogens is 504 g/mol. The van der Waals surface area contributed by atoms with Crippen molar-refractivity contribution in [3.63, 3.8) is 0 Å². The van der Waals surface area contributed by atoms with Crippen molar-refractivity contribution in [2.24, 2.45) is 5.92 Å². The maximum Gasteiger partial charge on any atom is 0.327 e. The highest BCUT2D eigenvalue weighted by atomic mass is 32.2. The van der Waals surface area contributed by atoms with Gasteiger partial charge in [0.15, 0.2) is 5.82 Å². The number of pyridine rings is 1. The van der Waals surface area contributed by atoms with Crippen LogP contribution in [0.25, 0.3) is 11.3 Å². The topological polar surface area (TPSA) is 97.3 Å². The minimum atomic E-state index is -3.96. The molecule has 1 aromatic carbocycles. The lowest BCUT2D eigenvalue weighted by Crippen LogP contribution is -2.50. The Hall–Kier alpha value is -2.83. The number of piperazine rings is 1. The summed E-state index contributed by atoms with van der Waals surface area (Å²) in [6.45, 7) is 6.33. The number of hydrogen-bond donors (Lipinski definition) is 1. The fourth-order valence-electron chi connectivity index (χ4n) is 4.95. The van der Waals surface area contributed by atoms with Crippen molar-refractivity contribution in [1.82, 2.24) is 14.8 Å². The number of halogens is 2. The first-order valence-electron chi connectivity index (χ1n) is 12.3. The first-order valence-corrected chi connectivity index (χ1v) is 13.7. The molecule has 37 heavy (non-hydrogen) atoms. The van der Waals surface area contributed by atoms with Crippen molar-refractivity contribution in [3.05, 3.63) is 41.5 Å². The number of aliphatic hydroxyl groups excluding tert-OH is 1. The molecule has 1 N–H and O–H groups in total. The highest BCUT2D eigenvalue weighted by molar-refractivity contribution is 7.94. The maximum absolute atomic E-state index is 13.5. The normalized spacial score (nSPS) is 23.2. The van der Waals surface area contributed by atoms with Crippen molar-refractivity contribution in [3.8, 4) is 11.3 Å². The second kappa shape index (κ2) is 9.17. The number of anilines is 2. The fraction of sp³-hybridized carbons (Fsp3) is 0.520. The van der Waals surface area contributed by atoms with E-state index in [0.29, 0.717) is 44.1 Å². The number of rotatable bonds is 6. The maximum atomic E-state index is 13.5. The van der Waals surface area contributed by atoms with Gasteiger partial charge in [-0.2, -0.15) is 8.42 Å². The predicted molar refractivity (Wildman–Crippen MR) is 136 cm³/mol. The van der Waals surface area contributed by atoms with Gasteiger partial charge < -0.3 is 10.0 Å². The van der Waals surface area contributed by atoms with Crippen LogP contribution in [0.3, 0.4) is 0 Å². The minimum absolute atomic E-state index is 0.227. The van der Waals surface area contributed by atoms with Crippen molar-refractivity contribution in [2.75, 3.05) is 48.4 Å². The Morgan fingerprint density at radius 3 is 2.49 bits per heavy atom. The van der Waals surface area contributed by atoms with E-state index in [9.17, 15) is 27.1 Å². The van der Waals surface area contributed by atoms with Gasteiger partial charge >= 0.3 is 10.2 Å². The summed E-state index contributed by atoms with van der Waals surface area (Å²) in [6.07, 6.45) is -1.30. The van der Waals surface area contributed by atoms with E-state index in [4.69, 9.17) is 0 Å². The van der Waals surface area contributed by atoms with E-state index in [1.54, 1.807) is 17.0 Å². The van der Waals surface area contributed by atoms with Crippen LogP contribution in [0.5, 0.6) is 0 Å². The molecule has 3 heterocycles. The van der Waals surface area contributed by atoms with Crippen LogP contribution in [0.4, 0.5) is 20.3 Å².